The number of benzene rings is 2. The van der Waals surface area contributed by atoms with Crippen LogP contribution >= 0.6 is 10.2 Å². The molecule has 17 heteroatoms. The Hall–Kier alpha value is -4.43. The molecule has 1 N–H and O–H groups in total. The van der Waals surface area contributed by atoms with Gasteiger partial charge >= 0.3 is 10.2 Å². The number of aromatic nitrogens is 1. The molecule has 0 spiro atoms. The van der Waals surface area contributed by atoms with E-state index in [2.05, 4.69) is 10.3 Å². The second-order valence-corrected chi connectivity index (χ2v) is 14.5. The standard InChI is InChI=1S/C32H31F8N5O3S/c33-23-14-22(16-42-17-23)29(30(46)43-24-10-12-32(34,35)13-11-24)45(25-6-8-27(9-7-25)49(36,37,38,39)40)31(47)28-15-26(18-44(28)20-41)48-19-21-4-2-1-3-5-21/h1-9,14,16-17,24,26,28-29H,10-13,15,18-19H2,(H,43,46). The zero-order valence-corrected chi connectivity index (χ0v) is 26.4. The maximum Gasteiger partial charge on any atom is 0.310 e. The van der Waals surface area contributed by atoms with E-state index in [-0.39, 0.29) is 50.1 Å². The average Bonchev–Trinajstić information content (AvgIpc) is 3.46. The lowest BCUT2D eigenvalue weighted by molar-refractivity contribution is -0.129. The lowest BCUT2D eigenvalue weighted by atomic mass is 9.91. The summed E-state index contributed by atoms with van der Waals surface area (Å²) in [7, 11) is -10.2. The number of rotatable bonds is 10. The Kier molecular flexibility index (Phi) is 9.36. The van der Waals surface area contributed by atoms with Gasteiger partial charge in [0.1, 0.15) is 22.8 Å². The minimum absolute atomic E-state index is 0.0572. The Morgan fingerprint density at radius 3 is 2.29 bits per heavy atom. The number of alkyl halides is 2. The molecule has 1 saturated heterocycles. The van der Waals surface area contributed by atoms with Crippen molar-refractivity contribution in [1.82, 2.24) is 15.2 Å². The Balaban J connectivity index is 1.54. The van der Waals surface area contributed by atoms with Crippen molar-refractivity contribution < 1.29 is 46.9 Å². The fourth-order valence-electron chi connectivity index (χ4n) is 5.94. The van der Waals surface area contributed by atoms with Gasteiger partial charge < -0.3 is 10.1 Å². The molecule has 2 fully saturated rings. The molecule has 264 valence electrons. The van der Waals surface area contributed by atoms with Crippen LogP contribution in [0.15, 0.2) is 78.0 Å². The van der Waals surface area contributed by atoms with Gasteiger partial charge in [-0.05, 0) is 48.7 Å². The number of anilines is 1. The highest BCUT2D eigenvalue weighted by molar-refractivity contribution is 8.45. The van der Waals surface area contributed by atoms with Gasteiger partial charge in [0, 0.05) is 42.8 Å². The molecule has 0 radical (unpaired) electrons. The molecule has 1 aromatic heterocycles. The van der Waals surface area contributed by atoms with E-state index < -0.39 is 81.4 Å². The molecule has 3 unspecified atom stereocenters. The Morgan fingerprint density at radius 2 is 1.69 bits per heavy atom. The van der Waals surface area contributed by atoms with E-state index in [4.69, 9.17) is 4.74 Å². The van der Waals surface area contributed by atoms with Crippen molar-refractivity contribution in [3.8, 4) is 6.19 Å². The topological polar surface area (TPSA) is 98.6 Å². The minimum Gasteiger partial charge on any atom is -0.372 e. The zero-order chi connectivity index (χ0) is 35.7. The van der Waals surface area contributed by atoms with Crippen LogP contribution < -0.4 is 10.2 Å². The van der Waals surface area contributed by atoms with Crippen LogP contribution in [-0.4, -0.2) is 52.4 Å². The summed E-state index contributed by atoms with van der Waals surface area (Å²) in [4.78, 5) is 31.6. The molecule has 2 amide bonds. The number of likely N-dealkylation sites (tertiary alicyclic amines) is 1. The fraction of sp³-hybridized carbons (Fsp3) is 0.375. The van der Waals surface area contributed by atoms with Gasteiger partial charge in [0.15, 0.2) is 6.19 Å². The number of carbonyl (C=O) groups excluding carboxylic acids is 2. The Morgan fingerprint density at radius 1 is 1.04 bits per heavy atom. The molecule has 8 nitrogen and oxygen atoms in total. The quantitative estimate of drug-likeness (QED) is 0.170. The van der Waals surface area contributed by atoms with E-state index in [1.807, 2.05) is 6.19 Å². The summed E-state index contributed by atoms with van der Waals surface area (Å²) in [6, 6.07) is 7.00. The second-order valence-electron chi connectivity index (χ2n) is 12.1. The molecular formula is C32H31F8N5O3S. The van der Waals surface area contributed by atoms with Crippen LogP contribution in [0.25, 0.3) is 0 Å². The smallest absolute Gasteiger partial charge is 0.310 e. The number of carbonyl (C=O) groups is 2. The first-order chi connectivity index (χ1) is 22.8. The second kappa shape index (κ2) is 12.8. The molecule has 1 aliphatic heterocycles. The molecule has 3 aromatic rings. The average molecular weight is 718 g/mol. The number of amides is 2. The summed E-state index contributed by atoms with van der Waals surface area (Å²) >= 11 is 0. The first-order valence-electron chi connectivity index (χ1n) is 15.1. The van der Waals surface area contributed by atoms with Crippen LogP contribution in [0.4, 0.5) is 38.3 Å². The number of nitrogens with zero attached hydrogens (tertiary/aromatic N) is 4. The third kappa shape index (κ3) is 8.79. The minimum atomic E-state index is -10.2. The highest BCUT2D eigenvalue weighted by Gasteiger charge is 2.65. The number of halogens is 8. The molecule has 1 aliphatic carbocycles. The van der Waals surface area contributed by atoms with Crippen molar-refractivity contribution in [2.45, 2.75) is 73.8 Å². The number of nitriles is 1. The van der Waals surface area contributed by atoms with E-state index in [1.165, 1.54) is 0 Å². The van der Waals surface area contributed by atoms with Crippen molar-refractivity contribution in [2.24, 2.45) is 0 Å². The summed E-state index contributed by atoms with van der Waals surface area (Å²) in [6.07, 6.45) is 1.48. The summed E-state index contributed by atoms with van der Waals surface area (Å²) in [6.45, 7) is 0.0388. The maximum atomic E-state index is 14.5. The lowest BCUT2D eigenvalue weighted by Crippen LogP contribution is -2.52. The third-order valence-electron chi connectivity index (χ3n) is 8.41. The monoisotopic (exact) mass is 717 g/mol. The third-order valence-corrected chi connectivity index (χ3v) is 9.58. The van der Waals surface area contributed by atoms with Crippen LogP contribution in [0.3, 0.4) is 0 Å². The van der Waals surface area contributed by atoms with Gasteiger partial charge in [0.2, 0.25) is 11.8 Å². The van der Waals surface area contributed by atoms with Gasteiger partial charge in [-0.15, -0.1) is 0 Å². The van der Waals surface area contributed by atoms with Gasteiger partial charge in [-0.2, -0.15) is 5.26 Å². The van der Waals surface area contributed by atoms with Crippen molar-refractivity contribution in [2.75, 3.05) is 11.4 Å². The first-order valence-corrected chi connectivity index (χ1v) is 17.1. The predicted molar refractivity (Wildman–Crippen MR) is 163 cm³/mol. The molecule has 5 rings (SSSR count). The lowest BCUT2D eigenvalue weighted by Gasteiger charge is -2.41. The predicted octanol–water partition coefficient (Wildman–Crippen LogP) is 7.79. The van der Waals surface area contributed by atoms with Gasteiger partial charge in [0.25, 0.3) is 5.91 Å². The van der Waals surface area contributed by atoms with Gasteiger partial charge in [-0.1, -0.05) is 49.8 Å². The summed E-state index contributed by atoms with van der Waals surface area (Å²) in [5.74, 6) is -5.95. The maximum absolute atomic E-state index is 14.5. The van der Waals surface area contributed by atoms with Crippen LogP contribution in [0, 0.1) is 17.3 Å². The van der Waals surface area contributed by atoms with Gasteiger partial charge in [0.05, 0.1) is 25.5 Å². The summed E-state index contributed by atoms with van der Waals surface area (Å²) < 4.78 is 116. The molecule has 2 aliphatic rings. The van der Waals surface area contributed by atoms with Crippen molar-refractivity contribution in [3.05, 3.63) is 90.0 Å². The summed E-state index contributed by atoms with van der Waals surface area (Å²) in [5.41, 5.74) is 0.0613. The fourth-order valence-corrected chi connectivity index (χ4v) is 6.59. The Labute approximate surface area is 276 Å². The SMILES string of the molecule is N#CN1CC(OCc2ccccc2)CC1C(=O)N(c1ccc(S(F)(F)(F)(F)F)cc1)C(C(=O)NC1CCC(F)(F)CC1)c1cncc(F)c1. The Bertz CT molecular complexity index is 1720. The number of pyridine rings is 1. The highest BCUT2D eigenvalue weighted by Crippen LogP contribution is 3.02. The first kappa shape index (κ1) is 35.9. The van der Waals surface area contributed by atoms with Crippen LogP contribution in [0.5, 0.6) is 0 Å². The van der Waals surface area contributed by atoms with Crippen LogP contribution in [-0.2, 0) is 20.9 Å². The van der Waals surface area contributed by atoms with E-state index in [0.717, 1.165) is 28.9 Å². The van der Waals surface area contributed by atoms with Gasteiger partial charge in [-0.3, -0.25) is 24.4 Å². The molecule has 49 heavy (non-hydrogen) atoms. The number of ether oxygens (including phenoxy) is 1. The van der Waals surface area contributed by atoms with Crippen molar-refractivity contribution in [3.63, 3.8) is 0 Å². The normalized spacial score (nSPS) is 21.6. The molecule has 1 saturated carbocycles. The highest BCUT2D eigenvalue weighted by atomic mass is 32.5. The van der Waals surface area contributed by atoms with E-state index in [9.17, 15) is 47.5 Å². The van der Waals surface area contributed by atoms with E-state index >= 15 is 0 Å². The van der Waals surface area contributed by atoms with Crippen LogP contribution in [0.2, 0.25) is 0 Å². The zero-order valence-electron chi connectivity index (χ0n) is 25.6. The molecule has 2 heterocycles. The molecule has 0 bridgehead atoms. The number of hydrogen-bond acceptors (Lipinski definition) is 6. The van der Waals surface area contributed by atoms with Crippen LogP contribution in [0.1, 0.15) is 49.3 Å². The largest absolute Gasteiger partial charge is 0.372 e. The van der Waals surface area contributed by atoms with Crippen molar-refractivity contribution in [1.29, 1.82) is 5.26 Å². The van der Waals surface area contributed by atoms with E-state index in [1.54, 1.807) is 30.3 Å². The van der Waals surface area contributed by atoms with Crippen molar-refractivity contribution >= 4 is 27.7 Å². The molecule has 3 atom stereocenters. The number of nitrogens with one attached hydrogen (secondary N) is 1. The molecular weight excluding hydrogens is 686 g/mol. The van der Waals surface area contributed by atoms with E-state index in [0.29, 0.717) is 17.0 Å². The van der Waals surface area contributed by atoms with Gasteiger partial charge in [-0.25, -0.2) is 13.2 Å². The molecule has 2 aromatic carbocycles. The summed E-state index contributed by atoms with van der Waals surface area (Å²) in [5, 5.41) is 12.5. The number of hydrogen-bond donors (Lipinski definition) is 1.